The average molecular weight is 405 g/mol. The average Bonchev–Trinajstić information content (AvgIpc) is 2.95. The highest BCUT2D eigenvalue weighted by atomic mass is 32.2. The first-order valence-corrected chi connectivity index (χ1v) is 9.67. The van der Waals surface area contributed by atoms with E-state index in [9.17, 15) is 22.4 Å². The fourth-order valence-corrected chi connectivity index (χ4v) is 3.72. The Balaban J connectivity index is 1.49. The molecule has 1 aliphatic rings. The van der Waals surface area contributed by atoms with E-state index in [1.165, 1.54) is 24.3 Å². The van der Waals surface area contributed by atoms with Crippen LogP contribution in [0.3, 0.4) is 0 Å². The molecular weight excluding hydrogens is 389 g/mol. The number of amidine groups is 1. The van der Waals surface area contributed by atoms with Crippen molar-refractivity contribution in [2.75, 3.05) is 13.2 Å². The van der Waals surface area contributed by atoms with Crippen LogP contribution in [0.25, 0.3) is 0 Å². The van der Waals surface area contributed by atoms with E-state index in [4.69, 9.17) is 4.74 Å². The van der Waals surface area contributed by atoms with Crippen molar-refractivity contribution >= 4 is 27.7 Å². The van der Waals surface area contributed by atoms with Crippen LogP contribution >= 0.6 is 0 Å². The second-order valence-corrected chi connectivity index (χ2v) is 7.45. The molecule has 0 fully saturated rings. The van der Waals surface area contributed by atoms with E-state index in [1.807, 2.05) is 0 Å². The monoisotopic (exact) mass is 405 g/mol. The molecule has 0 unspecified atom stereocenters. The number of hydrogen-bond acceptors (Lipinski definition) is 6. The molecule has 2 N–H and O–H groups in total. The number of sulfonamides is 1. The first-order chi connectivity index (χ1) is 13.4. The van der Waals surface area contributed by atoms with Crippen LogP contribution in [0.4, 0.5) is 4.39 Å². The van der Waals surface area contributed by atoms with Crippen LogP contribution in [0.1, 0.15) is 11.1 Å². The summed E-state index contributed by atoms with van der Waals surface area (Å²) in [6.45, 7) is -1.06. The van der Waals surface area contributed by atoms with Gasteiger partial charge in [0.25, 0.3) is 15.9 Å². The Kier molecular flexibility index (Phi) is 5.69. The molecule has 0 atom stereocenters. The molecule has 2 aromatic carbocycles. The predicted molar refractivity (Wildman–Crippen MR) is 97.4 cm³/mol. The third-order valence-electron chi connectivity index (χ3n) is 3.83. The van der Waals surface area contributed by atoms with E-state index in [0.29, 0.717) is 11.1 Å². The van der Waals surface area contributed by atoms with Gasteiger partial charge in [-0.05, 0) is 18.2 Å². The summed E-state index contributed by atoms with van der Waals surface area (Å²) in [5, 5.41) is 2.43. The lowest BCUT2D eigenvalue weighted by Gasteiger charge is -2.07. The minimum atomic E-state index is -3.69. The summed E-state index contributed by atoms with van der Waals surface area (Å²) in [5.41, 5.74) is 0.665. The molecule has 0 saturated carbocycles. The summed E-state index contributed by atoms with van der Waals surface area (Å²) in [6.07, 6.45) is 0. The van der Waals surface area contributed by atoms with Crippen LogP contribution in [0.15, 0.2) is 58.4 Å². The van der Waals surface area contributed by atoms with Gasteiger partial charge in [0.2, 0.25) is 0 Å². The summed E-state index contributed by atoms with van der Waals surface area (Å²) in [6, 6.07) is 12.2. The van der Waals surface area contributed by atoms with Crippen LogP contribution in [0, 0.1) is 5.82 Å². The number of nitrogens with one attached hydrogen (secondary N) is 2. The molecular formula is C18H16FN3O5S. The van der Waals surface area contributed by atoms with Crippen molar-refractivity contribution in [3.05, 3.63) is 65.5 Å². The van der Waals surface area contributed by atoms with E-state index in [-0.39, 0.29) is 17.3 Å². The number of carbonyl (C=O) groups is 2. The number of amides is 1. The van der Waals surface area contributed by atoms with Gasteiger partial charge in [0.05, 0.1) is 4.90 Å². The van der Waals surface area contributed by atoms with Gasteiger partial charge in [-0.25, -0.2) is 12.8 Å². The van der Waals surface area contributed by atoms with Gasteiger partial charge in [-0.2, -0.15) is 0 Å². The first kappa shape index (κ1) is 19.5. The van der Waals surface area contributed by atoms with Crippen molar-refractivity contribution in [1.29, 1.82) is 0 Å². The largest absolute Gasteiger partial charge is 0.454 e. The number of esters is 1. The molecule has 146 valence electrons. The fraction of sp³-hybridized carbons (Fsp3) is 0.167. The number of hydrogen-bond donors (Lipinski definition) is 2. The Bertz CT molecular complexity index is 1050. The SMILES string of the molecule is O=C(COC(=O)CN=C1NS(=O)(=O)c2ccccc21)NCc1ccccc1F. The van der Waals surface area contributed by atoms with Gasteiger partial charge in [0.1, 0.15) is 18.2 Å². The molecule has 0 radical (unpaired) electrons. The number of halogens is 1. The number of benzene rings is 2. The van der Waals surface area contributed by atoms with Gasteiger partial charge < -0.3 is 10.1 Å². The number of aliphatic imine (C=N–C) groups is 1. The van der Waals surface area contributed by atoms with Gasteiger partial charge in [0, 0.05) is 17.7 Å². The van der Waals surface area contributed by atoms with Crippen molar-refractivity contribution < 1.29 is 27.1 Å². The zero-order chi connectivity index (χ0) is 20.1. The molecule has 0 aromatic heterocycles. The standard InChI is InChI=1S/C18H16FN3O5S/c19-14-7-3-1-5-12(14)9-20-16(23)11-27-17(24)10-21-18-13-6-2-4-8-15(13)28(25,26)22-18/h1-8H,9-11H2,(H,20,23)(H,21,22). The number of carbonyl (C=O) groups excluding carboxylic acids is 2. The zero-order valence-corrected chi connectivity index (χ0v) is 15.3. The molecule has 10 heteroatoms. The Morgan fingerprint density at radius 1 is 1.11 bits per heavy atom. The molecule has 0 bridgehead atoms. The number of rotatable bonds is 6. The van der Waals surface area contributed by atoms with Gasteiger partial charge in [0.15, 0.2) is 6.61 Å². The third-order valence-corrected chi connectivity index (χ3v) is 5.22. The second kappa shape index (κ2) is 8.17. The van der Waals surface area contributed by atoms with Crippen LogP contribution in [0.2, 0.25) is 0 Å². The maximum Gasteiger partial charge on any atom is 0.328 e. The number of nitrogens with zero attached hydrogens (tertiary/aromatic N) is 1. The Morgan fingerprint density at radius 2 is 1.82 bits per heavy atom. The smallest absolute Gasteiger partial charge is 0.328 e. The van der Waals surface area contributed by atoms with E-state index < -0.39 is 40.9 Å². The highest BCUT2D eigenvalue weighted by molar-refractivity contribution is 7.90. The summed E-state index contributed by atoms with van der Waals surface area (Å²) in [4.78, 5) is 27.5. The summed E-state index contributed by atoms with van der Waals surface area (Å²) < 4.78 is 44.4. The van der Waals surface area contributed by atoms with Gasteiger partial charge >= 0.3 is 5.97 Å². The highest BCUT2D eigenvalue weighted by Gasteiger charge is 2.30. The van der Waals surface area contributed by atoms with Crippen molar-refractivity contribution in [1.82, 2.24) is 10.0 Å². The zero-order valence-electron chi connectivity index (χ0n) is 14.5. The molecule has 0 aliphatic carbocycles. The predicted octanol–water partition coefficient (Wildman–Crippen LogP) is 0.724. The lowest BCUT2D eigenvalue weighted by atomic mass is 10.2. The Labute approximate surface area is 160 Å². The summed E-state index contributed by atoms with van der Waals surface area (Å²) >= 11 is 0. The first-order valence-electron chi connectivity index (χ1n) is 8.19. The Morgan fingerprint density at radius 3 is 2.61 bits per heavy atom. The maximum atomic E-state index is 13.5. The summed E-state index contributed by atoms with van der Waals surface area (Å²) in [7, 11) is -3.69. The minimum absolute atomic E-state index is 0.0378. The minimum Gasteiger partial charge on any atom is -0.454 e. The molecule has 0 spiro atoms. The van der Waals surface area contributed by atoms with E-state index >= 15 is 0 Å². The van der Waals surface area contributed by atoms with Gasteiger partial charge in [-0.1, -0.05) is 30.3 Å². The highest BCUT2D eigenvalue weighted by Crippen LogP contribution is 2.21. The van der Waals surface area contributed by atoms with E-state index in [1.54, 1.807) is 24.3 Å². The molecule has 1 aliphatic heterocycles. The lowest BCUT2D eigenvalue weighted by molar-refractivity contribution is -0.147. The fourth-order valence-electron chi connectivity index (χ4n) is 2.47. The maximum absolute atomic E-state index is 13.5. The van der Waals surface area contributed by atoms with Crippen molar-refractivity contribution in [2.45, 2.75) is 11.4 Å². The molecule has 28 heavy (non-hydrogen) atoms. The quantitative estimate of drug-likeness (QED) is 0.688. The summed E-state index contributed by atoms with van der Waals surface area (Å²) in [5.74, 6) is -1.82. The van der Waals surface area contributed by atoms with Crippen molar-refractivity contribution in [3.63, 3.8) is 0 Å². The van der Waals surface area contributed by atoms with E-state index in [0.717, 1.165) is 0 Å². The Hall–Kier alpha value is -3.27. The topological polar surface area (TPSA) is 114 Å². The second-order valence-electron chi connectivity index (χ2n) is 5.80. The van der Waals surface area contributed by atoms with Crippen LogP contribution < -0.4 is 10.0 Å². The van der Waals surface area contributed by atoms with Gasteiger partial charge in [-0.15, -0.1) is 0 Å². The normalized spacial score (nSPS) is 15.5. The molecule has 1 heterocycles. The molecule has 2 aromatic rings. The molecule has 3 rings (SSSR count). The molecule has 1 amide bonds. The van der Waals surface area contributed by atoms with Crippen molar-refractivity contribution in [2.24, 2.45) is 4.99 Å². The molecule has 8 nitrogen and oxygen atoms in total. The number of fused-ring (bicyclic) bond motifs is 1. The van der Waals surface area contributed by atoms with E-state index in [2.05, 4.69) is 15.0 Å². The lowest BCUT2D eigenvalue weighted by Crippen LogP contribution is -2.29. The molecule has 0 saturated heterocycles. The number of ether oxygens (including phenoxy) is 1. The van der Waals surface area contributed by atoms with Crippen LogP contribution in [0.5, 0.6) is 0 Å². The third kappa shape index (κ3) is 4.52. The van der Waals surface area contributed by atoms with Crippen LogP contribution in [-0.4, -0.2) is 39.3 Å². The van der Waals surface area contributed by atoms with Crippen LogP contribution in [-0.2, 0) is 30.9 Å². The van der Waals surface area contributed by atoms with Gasteiger partial charge in [-0.3, -0.25) is 19.3 Å². The van der Waals surface area contributed by atoms with Crippen molar-refractivity contribution in [3.8, 4) is 0 Å².